The molecule has 0 aliphatic rings. The lowest BCUT2D eigenvalue weighted by Crippen LogP contribution is -2.35. The van der Waals surface area contributed by atoms with Crippen LogP contribution in [-0.2, 0) is 12.4 Å². The summed E-state index contributed by atoms with van der Waals surface area (Å²) in [5, 5.41) is 17.2. The van der Waals surface area contributed by atoms with E-state index in [2.05, 4.69) is 0 Å². The van der Waals surface area contributed by atoms with E-state index in [1.165, 1.54) is 56.3 Å². The minimum Gasteiger partial charge on any atom is -0.423 e. The lowest BCUT2D eigenvalue weighted by Gasteiger charge is -2.13. The zero-order valence-corrected chi connectivity index (χ0v) is 22.2. The molecule has 0 amide bonds. The third kappa shape index (κ3) is 9.08. The zero-order valence-electron chi connectivity index (χ0n) is 22.2. The molecule has 0 unspecified atom stereocenters. The van der Waals surface area contributed by atoms with Crippen LogP contribution in [0.25, 0.3) is 11.1 Å². The van der Waals surface area contributed by atoms with Crippen molar-refractivity contribution < 1.29 is 54.0 Å². The molecule has 224 valence electrons. The summed E-state index contributed by atoms with van der Waals surface area (Å²) in [4.78, 5) is 0. The summed E-state index contributed by atoms with van der Waals surface area (Å²) in [6.07, 6.45) is -9.13. The average molecular weight is 604 g/mol. The molecule has 0 radical (unpaired) electrons. The molecule has 13 heteroatoms. The van der Waals surface area contributed by atoms with E-state index in [4.69, 9.17) is 10.0 Å². The van der Waals surface area contributed by atoms with Crippen molar-refractivity contribution in [2.24, 2.45) is 0 Å². The highest BCUT2D eigenvalue weighted by atomic mass is 19.4. The standard InChI is InChI=1S/C14H9F5.C8H8F2.C7H6BF3O2/c1-8-12(15)6-9(7-13(8)16)10-4-2-3-5-11(10)14(17,18)19;1-5-3-7(9)6(2)8(10)4-5;9-7(10,11)5-3-1-2-4-6(5)8(12)13/h2-7H,1H3;3-4H,1-2H3;1-4,12-13H. The van der Waals surface area contributed by atoms with Gasteiger partial charge in [0.15, 0.2) is 0 Å². The van der Waals surface area contributed by atoms with Gasteiger partial charge in [-0.05, 0) is 73.3 Å². The first kappa shape index (κ1) is 34.4. The summed E-state index contributed by atoms with van der Waals surface area (Å²) < 4.78 is 127. The Bertz CT molecular complexity index is 1470. The van der Waals surface area contributed by atoms with E-state index < -0.39 is 59.3 Å². The van der Waals surface area contributed by atoms with Gasteiger partial charge in [0.25, 0.3) is 0 Å². The van der Waals surface area contributed by atoms with Crippen LogP contribution in [0.15, 0.2) is 72.8 Å². The van der Waals surface area contributed by atoms with Gasteiger partial charge in [-0.15, -0.1) is 0 Å². The first-order chi connectivity index (χ1) is 19.3. The van der Waals surface area contributed by atoms with Gasteiger partial charge in [0.05, 0.1) is 11.1 Å². The second-order valence-electron chi connectivity index (χ2n) is 8.92. The highest BCUT2D eigenvalue weighted by molar-refractivity contribution is 6.59. The van der Waals surface area contributed by atoms with Crippen molar-refractivity contribution in [2.45, 2.75) is 33.1 Å². The average Bonchev–Trinajstić information content (AvgIpc) is 2.90. The normalized spacial score (nSPS) is 11.2. The Morgan fingerprint density at radius 3 is 1.33 bits per heavy atom. The van der Waals surface area contributed by atoms with Crippen LogP contribution in [0.4, 0.5) is 43.9 Å². The Balaban J connectivity index is 0.000000234. The Morgan fingerprint density at radius 1 is 0.548 bits per heavy atom. The van der Waals surface area contributed by atoms with Crippen LogP contribution in [0.2, 0.25) is 0 Å². The first-order valence-electron chi connectivity index (χ1n) is 11.9. The topological polar surface area (TPSA) is 40.5 Å². The summed E-state index contributed by atoms with van der Waals surface area (Å²) in [5.74, 6) is -2.69. The quantitative estimate of drug-likeness (QED) is 0.180. The lowest BCUT2D eigenvalue weighted by atomic mass is 9.77. The fourth-order valence-corrected chi connectivity index (χ4v) is 3.54. The van der Waals surface area contributed by atoms with Crippen molar-refractivity contribution in [3.8, 4) is 11.1 Å². The summed E-state index contributed by atoms with van der Waals surface area (Å²) in [7, 11) is -2.10. The fraction of sp³-hybridized carbons (Fsp3) is 0.172. The fourth-order valence-electron chi connectivity index (χ4n) is 3.54. The van der Waals surface area contributed by atoms with E-state index in [1.54, 1.807) is 6.92 Å². The van der Waals surface area contributed by atoms with Gasteiger partial charge in [-0.2, -0.15) is 26.3 Å². The molecule has 2 N–H and O–H groups in total. The smallest absolute Gasteiger partial charge is 0.423 e. The van der Waals surface area contributed by atoms with E-state index in [9.17, 15) is 43.9 Å². The predicted octanol–water partition coefficient (Wildman–Crippen LogP) is 7.93. The molecule has 42 heavy (non-hydrogen) atoms. The number of aryl methyl sites for hydroxylation is 1. The molecule has 0 bridgehead atoms. The molecule has 4 aromatic rings. The van der Waals surface area contributed by atoms with Crippen molar-refractivity contribution >= 4 is 12.6 Å². The van der Waals surface area contributed by atoms with E-state index >= 15 is 0 Å². The van der Waals surface area contributed by atoms with Gasteiger partial charge < -0.3 is 10.0 Å². The Labute approximate surface area is 235 Å². The maximum Gasteiger partial charge on any atom is 0.489 e. The van der Waals surface area contributed by atoms with Gasteiger partial charge in [0, 0.05) is 11.1 Å². The Kier molecular flexibility index (Phi) is 11.4. The Morgan fingerprint density at radius 2 is 0.929 bits per heavy atom. The van der Waals surface area contributed by atoms with Crippen LogP contribution in [0.3, 0.4) is 0 Å². The molecule has 0 saturated carbocycles. The molecular weight excluding hydrogens is 581 g/mol. The predicted molar refractivity (Wildman–Crippen MR) is 139 cm³/mol. The number of benzene rings is 4. The summed E-state index contributed by atoms with van der Waals surface area (Å²) in [5.41, 5.74) is -2.36. The van der Waals surface area contributed by atoms with Crippen LogP contribution < -0.4 is 5.46 Å². The van der Waals surface area contributed by atoms with Crippen molar-refractivity contribution in [2.75, 3.05) is 0 Å². The van der Waals surface area contributed by atoms with Gasteiger partial charge in [-0.3, -0.25) is 0 Å². The van der Waals surface area contributed by atoms with Crippen LogP contribution in [-0.4, -0.2) is 17.2 Å². The van der Waals surface area contributed by atoms with Crippen LogP contribution in [0.5, 0.6) is 0 Å². The van der Waals surface area contributed by atoms with Gasteiger partial charge >= 0.3 is 19.5 Å². The number of hydrogen-bond acceptors (Lipinski definition) is 2. The van der Waals surface area contributed by atoms with E-state index in [0.29, 0.717) is 5.56 Å². The van der Waals surface area contributed by atoms with Crippen molar-refractivity contribution in [1.29, 1.82) is 0 Å². The maximum atomic E-state index is 13.4. The molecule has 0 aliphatic carbocycles. The Hall–Kier alpha value is -3.84. The number of rotatable bonds is 2. The molecule has 0 atom stereocenters. The van der Waals surface area contributed by atoms with Crippen molar-refractivity contribution in [1.82, 2.24) is 0 Å². The molecule has 0 saturated heterocycles. The minimum atomic E-state index is -4.57. The number of halogens is 10. The van der Waals surface area contributed by atoms with E-state index in [-0.39, 0.29) is 22.3 Å². The zero-order chi connectivity index (χ0) is 32.0. The largest absolute Gasteiger partial charge is 0.489 e. The van der Waals surface area contributed by atoms with Crippen LogP contribution in [0, 0.1) is 44.0 Å². The van der Waals surface area contributed by atoms with Crippen molar-refractivity contribution in [3.63, 3.8) is 0 Å². The second-order valence-corrected chi connectivity index (χ2v) is 8.92. The molecule has 0 heterocycles. The number of alkyl halides is 6. The summed E-state index contributed by atoms with van der Waals surface area (Å²) in [6.45, 7) is 4.31. The monoisotopic (exact) mass is 604 g/mol. The molecule has 0 fully saturated rings. The first-order valence-corrected chi connectivity index (χ1v) is 11.9. The van der Waals surface area contributed by atoms with E-state index in [1.807, 2.05) is 0 Å². The molecule has 4 aromatic carbocycles. The maximum absolute atomic E-state index is 13.4. The molecule has 4 rings (SSSR count). The second kappa shape index (κ2) is 13.9. The molecule has 0 spiro atoms. The van der Waals surface area contributed by atoms with Crippen LogP contribution >= 0.6 is 0 Å². The SMILES string of the molecule is Cc1c(F)cc(-c2ccccc2C(F)(F)F)cc1F.Cc1cc(F)c(C)c(F)c1.OB(O)c1ccccc1C(F)(F)F. The third-order valence-electron chi connectivity index (χ3n) is 5.79. The molecule has 0 aliphatic heterocycles. The van der Waals surface area contributed by atoms with Gasteiger partial charge in [-0.1, -0.05) is 42.5 Å². The third-order valence-corrected chi connectivity index (χ3v) is 5.79. The lowest BCUT2D eigenvalue weighted by molar-refractivity contribution is -0.137. The number of hydrogen-bond donors (Lipinski definition) is 2. The van der Waals surface area contributed by atoms with Crippen LogP contribution in [0.1, 0.15) is 27.8 Å². The molecule has 0 aromatic heterocycles. The molecule has 2 nitrogen and oxygen atoms in total. The van der Waals surface area contributed by atoms with Gasteiger partial charge in [0.2, 0.25) is 0 Å². The van der Waals surface area contributed by atoms with Crippen molar-refractivity contribution in [3.05, 3.63) is 124 Å². The summed E-state index contributed by atoms with van der Waals surface area (Å²) >= 11 is 0. The highest BCUT2D eigenvalue weighted by Gasteiger charge is 2.35. The molecular formula is C29H23BF10O2. The minimum absolute atomic E-state index is 0.0885. The highest BCUT2D eigenvalue weighted by Crippen LogP contribution is 2.37. The van der Waals surface area contributed by atoms with Gasteiger partial charge in [0.1, 0.15) is 23.3 Å². The van der Waals surface area contributed by atoms with Gasteiger partial charge in [-0.25, -0.2) is 17.6 Å². The summed E-state index contributed by atoms with van der Waals surface area (Å²) in [6, 6.07) is 13.5. The van der Waals surface area contributed by atoms with E-state index in [0.717, 1.165) is 30.3 Å².